The Kier molecular flexibility index (Phi) is 5.80. The molecule has 0 unspecified atom stereocenters. The van der Waals surface area contributed by atoms with Crippen LogP contribution < -0.4 is 15.5 Å². The van der Waals surface area contributed by atoms with Gasteiger partial charge in [0.15, 0.2) is 0 Å². The van der Waals surface area contributed by atoms with E-state index in [1.54, 1.807) is 11.9 Å². The third-order valence-corrected chi connectivity index (χ3v) is 5.31. The number of hydrogen-bond donors (Lipinski definition) is 2. The Morgan fingerprint density at radius 2 is 1.55 bits per heavy atom. The average molecular weight is 412 g/mol. The minimum atomic E-state index is -1.05. The van der Waals surface area contributed by atoms with Crippen molar-refractivity contribution in [3.05, 3.63) is 102 Å². The zero-order chi connectivity index (χ0) is 21.8. The first-order valence-corrected chi connectivity index (χ1v) is 10.2. The summed E-state index contributed by atoms with van der Waals surface area (Å²) in [5.74, 6) is -0.305. The Morgan fingerprint density at radius 3 is 2.26 bits per heavy atom. The lowest BCUT2D eigenvalue weighted by atomic mass is 10.0. The molecule has 31 heavy (non-hydrogen) atoms. The number of amides is 3. The summed E-state index contributed by atoms with van der Waals surface area (Å²) in [6.45, 7) is 1.89. The number of urea groups is 1. The minimum absolute atomic E-state index is 0.213. The van der Waals surface area contributed by atoms with Gasteiger partial charge < -0.3 is 15.5 Å². The third-order valence-electron chi connectivity index (χ3n) is 5.31. The van der Waals surface area contributed by atoms with Gasteiger partial charge in [-0.1, -0.05) is 78.9 Å². The van der Waals surface area contributed by atoms with Crippen LogP contribution in [0.5, 0.6) is 0 Å². The van der Waals surface area contributed by atoms with Gasteiger partial charge in [-0.2, -0.15) is 0 Å². The highest BCUT2D eigenvalue weighted by Crippen LogP contribution is 2.27. The smallest absolute Gasteiger partial charge is 0.317 e. The largest absolute Gasteiger partial charge is 0.332 e. The van der Waals surface area contributed by atoms with Crippen molar-refractivity contribution in [3.8, 4) is 0 Å². The molecule has 0 aromatic heterocycles. The molecule has 3 aromatic rings. The summed E-state index contributed by atoms with van der Waals surface area (Å²) in [6.07, 6.45) is -1.05. The fraction of sp³-hybridized carbons (Fsp3) is 0.160. The predicted molar refractivity (Wildman–Crippen MR) is 122 cm³/mol. The summed E-state index contributed by atoms with van der Waals surface area (Å²) in [5.41, 5.74) is 4.10. The molecule has 1 heterocycles. The molecule has 0 aliphatic carbocycles. The predicted octanol–water partition coefficient (Wildman–Crippen LogP) is 3.89. The Hall–Kier alpha value is -3.93. The Balaban J connectivity index is 1.64. The van der Waals surface area contributed by atoms with Crippen LogP contribution in [0, 0.1) is 0 Å². The second-order valence-corrected chi connectivity index (χ2v) is 7.41. The Bertz CT molecular complexity index is 1110. The molecule has 0 saturated heterocycles. The number of likely N-dealkylation sites (N-methyl/N-ethyl adjacent to an activating group) is 1. The van der Waals surface area contributed by atoms with Gasteiger partial charge in [0.05, 0.1) is 17.4 Å². The maximum Gasteiger partial charge on any atom is 0.317 e. The first-order valence-electron chi connectivity index (χ1n) is 10.2. The number of aliphatic imine (C=N–C) groups is 1. The molecule has 1 aliphatic rings. The van der Waals surface area contributed by atoms with Crippen molar-refractivity contribution < 1.29 is 9.59 Å². The summed E-state index contributed by atoms with van der Waals surface area (Å²) in [5, 5.41) is 5.63. The summed E-state index contributed by atoms with van der Waals surface area (Å²) in [7, 11) is 1.70. The monoisotopic (exact) mass is 412 g/mol. The number of para-hydroxylation sites is 1. The summed E-state index contributed by atoms with van der Waals surface area (Å²) >= 11 is 0. The van der Waals surface area contributed by atoms with E-state index in [1.807, 2.05) is 91.9 Å². The van der Waals surface area contributed by atoms with E-state index in [0.29, 0.717) is 5.71 Å². The van der Waals surface area contributed by atoms with Gasteiger partial charge >= 0.3 is 6.03 Å². The molecule has 2 atom stereocenters. The molecule has 156 valence electrons. The number of hydrogen-bond acceptors (Lipinski definition) is 3. The van der Waals surface area contributed by atoms with Crippen LogP contribution in [0.3, 0.4) is 0 Å². The number of fused-ring (bicyclic) bond motifs is 1. The highest BCUT2D eigenvalue weighted by molar-refractivity contribution is 6.20. The topological polar surface area (TPSA) is 73.8 Å². The molecule has 2 N–H and O–H groups in total. The van der Waals surface area contributed by atoms with Crippen LogP contribution in [0.1, 0.15) is 29.7 Å². The lowest BCUT2D eigenvalue weighted by Crippen LogP contribution is -2.49. The van der Waals surface area contributed by atoms with E-state index in [-0.39, 0.29) is 11.9 Å². The van der Waals surface area contributed by atoms with Gasteiger partial charge in [-0.15, -0.1) is 0 Å². The van der Waals surface area contributed by atoms with Gasteiger partial charge in [0.1, 0.15) is 0 Å². The Labute approximate surface area is 181 Å². The quantitative estimate of drug-likeness (QED) is 0.682. The molecule has 4 rings (SSSR count). The van der Waals surface area contributed by atoms with Crippen LogP contribution >= 0.6 is 0 Å². The number of carbonyl (C=O) groups excluding carboxylic acids is 2. The van der Waals surface area contributed by atoms with Crippen LogP contribution in [0.15, 0.2) is 89.9 Å². The highest BCUT2D eigenvalue weighted by Gasteiger charge is 2.31. The molecule has 1 aliphatic heterocycles. The van der Waals surface area contributed by atoms with Gasteiger partial charge in [-0.05, 0) is 18.6 Å². The number of benzene rings is 3. The van der Waals surface area contributed by atoms with Gasteiger partial charge in [-0.25, -0.2) is 9.79 Å². The molecule has 3 amide bonds. The number of carbonyl (C=O) groups is 2. The SMILES string of the molecule is C[C@H](NC(=O)N[C@H]1N=C(c2ccccc2)c2ccccc2N(C)C1=O)c1ccccc1. The second kappa shape index (κ2) is 8.83. The number of rotatable bonds is 4. The number of nitrogens with zero attached hydrogens (tertiary/aromatic N) is 2. The lowest BCUT2D eigenvalue weighted by Gasteiger charge is -2.22. The molecule has 0 spiro atoms. The molecule has 6 heteroatoms. The second-order valence-electron chi connectivity index (χ2n) is 7.41. The van der Waals surface area contributed by atoms with Gasteiger partial charge in [0.2, 0.25) is 6.17 Å². The number of anilines is 1. The van der Waals surface area contributed by atoms with Gasteiger partial charge in [0.25, 0.3) is 5.91 Å². The van der Waals surface area contributed by atoms with E-state index in [9.17, 15) is 9.59 Å². The molecular weight excluding hydrogens is 388 g/mol. The summed E-state index contributed by atoms with van der Waals surface area (Å²) in [6, 6.07) is 26.3. The molecule has 3 aromatic carbocycles. The zero-order valence-electron chi connectivity index (χ0n) is 17.4. The van der Waals surface area contributed by atoms with Crippen molar-refractivity contribution in [1.29, 1.82) is 0 Å². The van der Waals surface area contributed by atoms with E-state index in [2.05, 4.69) is 10.6 Å². The first-order chi connectivity index (χ1) is 15.0. The van der Waals surface area contributed by atoms with Crippen LogP contribution in [-0.2, 0) is 4.79 Å². The van der Waals surface area contributed by atoms with E-state index >= 15 is 0 Å². The maximum atomic E-state index is 13.2. The molecule has 0 fully saturated rings. The highest BCUT2D eigenvalue weighted by atomic mass is 16.2. The van der Waals surface area contributed by atoms with Crippen molar-refractivity contribution in [1.82, 2.24) is 10.6 Å². The average Bonchev–Trinajstić information content (AvgIpc) is 2.91. The van der Waals surface area contributed by atoms with Crippen LogP contribution in [-0.4, -0.2) is 30.9 Å². The first kappa shape index (κ1) is 20.3. The Morgan fingerprint density at radius 1 is 0.935 bits per heavy atom. The molecule has 0 saturated carbocycles. The van der Waals surface area contributed by atoms with Gasteiger partial charge in [-0.3, -0.25) is 4.79 Å². The minimum Gasteiger partial charge on any atom is -0.332 e. The molecule has 0 radical (unpaired) electrons. The molecular formula is C25H24N4O2. The van der Waals surface area contributed by atoms with Crippen molar-refractivity contribution in [2.24, 2.45) is 4.99 Å². The lowest BCUT2D eigenvalue weighted by molar-refractivity contribution is -0.119. The van der Waals surface area contributed by atoms with E-state index in [1.165, 1.54) is 0 Å². The number of nitrogens with one attached hydrogen (secondary N) is 2. The van der Waals surface area contributed by atoms with Gasteiger partial charge in [0, 0.05) is 18.2 Å². The van der Waals surface area contributed by atoms with E-state index in [0.717, 1.165) is 22.4 Å². The fourth-order valence-corrected chi connectivity index (χ4v) is 3.63. The van der Waals surface area contributed by atoms with Crippen LogP contribution in [0.25, 0.3) is 0 Å². The van der Waals surface area contributed by atoms with Crippen molar-refractivity contribution in [2.45, 2.75) is 19.1 Å². The fourth-order valence-electron chi connectivity index (χ4n) is 3.63. The van der Waals surface area contributed by atoms with Crippen molar-refractivity contribution >= 4 is 23.3 Å². The van der Waals surface area contributed by atoms with E-state index < -0.39 is 12.2 Å². The van der Waals surface area contributed by atoms with E-state index in [4.69, 9.17) is 4.99 Å². The normalized spacial score (nSPS) is 16.6. The zero-order valence-corrected chi connectivity index (χ0v) is 17.4. The maximum absolute atomic E-state index is 13.2. The van der Waals surface area contributed by atoms with Crippen molar-refractivity contribution in [3.63, 3.8) is 0 Å². The summed E-state index contributed by atoms with van der Waals surface area (Å²) in [4.78, 5) is 32.1. The third kappa shape index (κ3) is 4.33. The van der Waals surface area contributed by atoms with Crippen LogP contribution in [0.2, 0.25) is 0 Å². The molecule has 6 nitrogen and oxygen atoms in total. The standard InChI is InChI=1S/C25H24N4O2/c1-17(18-11-5-3-6-12-18)26-25(31)28-23-24(30)29(2)21-16-10-9-15-20(21)22(27-23)19-13-7-4-8-14-19/h3-17,23H,1-2H3,(H2,26,28,31)/t17-,23+/m0/s1. The molecule has 0 bridgehead atoms. The van der Waals surface area contributed by atoms with Crippen LogP contribution in [0.4, 0.5) is 10.5 Å². The summed E-state index contributed by atoms with van der Waals surface area (Å²) < 4.78 is 0. The number of benzodiazepines with no additional fused rings is 1. The van der Waals surface area contributed by atoms with Crippen molar-refractivity contribution in [2.75, 3.05) is 11.9 Å².